The summed E-state index contributed by atoms with van der Waals surface area (Å²) in [6.45, 7) is 35.5. The van der Waals surface area contributed by atoms with Gasteiger partial charge in [0.05, 0.1) is 0 Å². The minimum Gasteiger partial charge on any atom is -0.0587 e. The molecule has 0 aromatic heterocycles. The van der Waals surface area contributed by atoms with E-state index < -0.39 is 7.92 Å². The third-order valence-electron chi connectivity index (χ3n) is 9.82. The number of hydrogen-bond acceptors (Lipinski definition) is 0. The fourth-order valence-corrected chi connectivity index (χ4v) is 12.4. The van der Waals surface area contributed by atoms with E-state index in [1.54, 1.807) is 10.6 Å². The van der Waals surface area contributed by atoms with Gasteiger partial charge in [0.2, 0.25) is 0 Å². The smallest absolute Gasteiger partial charge is 0.0184 e. The Morgan fingerprint density at radius 2 is 0.750 bits per heavy atom. The second-order valence-corrected chi connectivity index (χ2v) is 19.8. The van der Waals surface area contributed by atoms with E-state index in [4.69, 9.17) is 0 Å². The van der Waals surface area contributed by atoms with Gasteiger partial charge in [0, 0.05) is 8.95 Å². The largest absolute Gasteiger partial charge is 0.0587 e. The Balaban J connectivity index is 2.45. The summed E-state index contributed by atoms with van der Waals surface area (Å²) < 4.78 is 2.34. The molecule has 48 heavy (non-hydrogen) atoms. The lowest BCUT2D eigenvalue weighted by atomic mass is 9.89. The van der Waals surface area contributed by atoms with Gasteiger partial charge in [-0.1, -0.05) is 145 Å². The Hall–Kier alpha value is -1.73. The minimum atomic E-state index is -0.987. The molecule has 0 saturated heterocycles. The molecule has 0 aliphatic rings. The Morgan fingerprint density at radius 3 is 1.10 bits per heavy atom. The third kappa shape index (κ3) is 7.92. The summed E-state index contributed by atoms with van der Waals surface area (Å²) in [5.41, 5.74) is 15.7. The first-order valence-electron chi connectivity index (χ1n) is 18.1. The molecule has 0 fully saturated rings. The standard InChI is InChI=1S/C45H59Br2P/c1-24(2)33-18-36(25(3)4)43(37(19-33)26(5)6)48(44-38(27(7)8)20-34(46)21-39(44)28(9)10)45-40(29(11)12)22-35(47)23-41(45)42-31(14)16-30(13)17-32(42)15/h16-29H,1-15H3. The molecular weight excluding hydrogens is 731 g/mol. The maximum absolute atomic E-state index is 4.02. The molecule has 1 unspecified atom stereocenters. The Bertz CT molecular complexity index is 1710. The first-order valence-corrected chi connectivity index (χ1v) is 21.0. The second-order valence-electron chi connectivity index (χ2n) is 15.9. The van der Waals surface area contributed by atoms with Crippen LogP contribution in [0.15, 0.2) is 57.5 Å². The van der Waals surface area contributed by atoms with Gasteiger partial charge >= 0.3 is 0 Å². The van der Waals surface area contributed by atoms with Crippen molar-refractivity contribution in [2.75, 3.05) is 0 Å². The molecule has 0 nitrogen and oxygen atoms in total. The van der Waals surface area contributed by atoms with Crippen LogP contribution in [0.4, 0.5) is 0 Å². The molecule has 3 heteroatoms. The molecule has 0 heterocycles. The molecule has 4 rings (SSSR count). The van der Waals surface area contributed by atoms with E-state index in [-0.39, 0.29) is 0 Å². The summed E-state index contributed by atoms with van der Waals surface area (Å²) in [6.07, 6.45) is 0. The van der Waals surface area contributed by atoms with Crippen molar-refractivity contribution in [3.8, 4) is 11.1 Å². The summed E-state index contributed by atoms with van der Waals surface area (Å²) in [5, 5.41) is 4.68. The van der Waals surface area contributed by atoms with E-state index in [1.165, 1.54) is 71.0 Å². The van der Waals surface area contributed by atoms with Gasteiger partial charge in [-0.2, -0.15) is 0 Å². The topological polar surface area (TPSA) is 0 Å². The third-order valence-corrected chi connectivity index (χ3v) is 13.6. The van der Waals surface area contributed by atoms with Crippen molar-refractivity contribution in [3.63, 3.8) is 0 Å². The van der Waals surface area contributed by atoms with Crippen molar-refractivity contribution < 1.29 is 0 Å². The minimum absolute atomic E-state index is 0.354. The van der Waals surface area contributed by atoms with Crippen molar-refractivity contribution in [2.45, 2.75) is 139 Å². The number of halogens is 2. The van der Waals surface area contributed by atoms with Gasteiger partial charge in [0.25, 0.3) is 0 Å². The normalized spacial score (nSPS) is 12.9. The van der Waals surface area contributed by atoms with Crippen LogP contribution in [0.25, 0.3) is 11.1 Å². The predicted octanol–water partition coefficient (Wildman–Crippen LogP) is 14.3. The number of rotatable bonds is 10. The maximum atomic E-state index is 4.02. The van der Waals surface area contributed by atoms with Crippen LogP contribution in [0, 0.1) is 20.8 Å². The van der Waals surface area contributed by atoms with Gasteiger partial charge in [0.1, 0.15) is 0 Å². The summed E-state index contributed by atoms with van der Waals surface area (Å²) in [4.78, 5) is 0. The monoisotopic (exact) mass is 788 g/mol. The van der Waals surface area contributed by atoms with Gasteiger partial charge in [-0.25, -0.2) is 0 Å². The SMILES string of the molecule is Cc1cc(C)c(-c2cc(Br)cc(C(C)C)c2P(c2c(C(C)C)cc(Br)cc2C(C)C)c2c(C(C)C)cc(C(C)C)cc2C(C)C)c(C)c1. The Morgan fingerprint density at radius 1 is 0.417 bits per heavy atom. The molecule has 4 aromatic carbocycles. The highest BCUT2D eigenvalue weighted by molar-refractivity contribution is 9.10. The summed E-state index contributed by atoms with van der Waals surface area (Å²) in [5.74, 6) is 2.37. The van der Waals surface area contributed by atoms with Crippen molar-refractivity contribution in [1.29, 1.82) is 0 Å². The molecule has 0 spiro atoms. The molecule has 0 radical (unpaired) electrons. The lowest BCUT2D eigenvalue weighted by molar-refractivity contribution is 0.813. The van der Waals surface area contributed by atoms with Crippen molar-refractivity contribution in [1.82, 2.24) is 0 Å². The quantitative estimate of drug-likeness (QED) is 0.140. The maximum Gasteiger partial charge on any atom is 0.0184 e. The van der Waals surface area contributed by atoms with Crippen LogP contribution in [0.5, 0.6) is 0 Å². The zero-order valence-electron chi connectivity index (χ0n) is 32.3. The average molecular weight is 791 g/mol. The van der Waals surface area contributed by atoms with Crippen LogP contribution < -0.4 is 15.9 Å². The lowest BCUT2D eigenvalue weighted by Gasteiger charge is -2.36. The van der Waals surface area contributed by atoms with E-state index in [0.29, 0.717) is 35.5 Å². The molecule has 0 aliphatic heterocycles. The van der Waals surface area contributed by atoms with E-state index in [2.05, 4.69) is 184 Å². The first-order chi connectivity index (χ1) is 22.3. The molecular formula is C45H59Br2P. The fourth-order valence-electron chi connectivity index (χ4n) is 7.40. The summed E-state index contributed by atoms with van der Waals surface area (Å²) in [6, 6.07) is 19.6. The van der Waals surface area contributed by atoms with Gasteiger partial charge in [-0.15, -0.1) is 0 Å². The van der Waals surface area contributed by atoms with Crippen LogP contribution in [-0.2, 0) is 0 Å². The molecule has 258 valence electrons. The number of hydrogen-bond donors (Lipinski definition) is 0. The van der Waals surface area contributed by atoms with Crippen LogP contribution in [-0.4, -0.2) is 0 Å². The highest BCUT2D eigenvalue weighted by Crippen LogP contribution is 2.49. The van der Waals surface area contributed by atoms with E-state index in [0.717, 1.165) is 4.47 Å². The van der Waals surface area contributed by atoms with Gasteiger partial charge in [-0.3, -0.25) is 0 Å². The average Bonchev–Trinajstić information content (AvgIpc) is 2.96. The zero-order valence-corrected chi connectivity index (χ0v) is 36.4. The molecule has 0 aliphatic carbocycles. The molecule has 4 aromatic rings. The predicted molar refractivity (Wildman–Crippen MR) is 225 cm³/mol. The van der Waals surface area contributed by atoms with Crippen LogP contribution >= 0.6 is 39.8 Å². The summed E-state index contributed by atoms with van der Waals surface area (Å²) >= 11 is 8.00. The fraction of sp³-hybridized carbons (Fsp3) is 0.467. The molecule has 0 bridgehead atoms. The van der Waals surface area contributed by atoms with Crippen LogP contribution in [0.1, 0.15) is 169 Å². The van der Waals surface area contributed by atoms with Crippen molar-refractivity contribution in [3.05, 3.63) is 108 Å². The number of aryl methyl sites for hydroxylation is 3. The molecule has 0 N–H and O–H groups in total. The number of benzene rings is 4. The second kappa shape index (κ2) is 15.7. The van der Waals surface area contributed by atoms with Crippen LogP contribution in [0.2, 0.25) is 0 Å². The van der Waals surface area contributed by atoms with Gasteiger partial charge in [0.15, 0.2) is 0 Å². The van der Waals surface area contributed by atoms with E-state index >= 15 is 0 Å². The highest BCUT2D eigenvalue weighted by Gasteiger charge is 2.35. The summed E-state index contributed by atoms with van der Waals surface area (Å²) in [7, 11) is -0.987. The van der Waals surface area contributed by atoms with Crippen molar-refractivity contribution >= 4 is 55.7 Å². The van der Waals surface area contributed by atoms with Crippen molar-refractivity contribution in [2.24, 2.45) is 0 Å². The van der Waals surface area contributed by atoms with Gasteiger partial charge in [-0.05, 0) is 160 Å². The molecule has 1 atom stereocenters. The first kappa shape index (κ1) is 39.1. The van der Waals surface area contributed by atoms with Gasteiger partial charge < -0.3 is 0 Å². The van der Waals surface area contributed by atoms with E-state index in [9.17, 15) is 0 Å². The zero-order chi connectivity index (χ0) is 35.9. The Kier molecular flexibility index (Phi) is 12.7. The Labute approximate surface area is 312 Å². The van der Waals surface area contributed by atoms with Crippen LogP contribution in [0.3, 0.4) is 0 Å². The lowest BCUT2D eigenvalue weighted by Crippen LogP contribution is -2.34. The highest BCUT2D eigenvalue weighted by atomic mass is 79.9. The van der Waals surface area contributed by atoms with E-state index in [1.807, 2.05) is 0 Å². The molecule has 0 saturated carbocycles. The molecule has 0 amide bonds.